The molecule has 21 heavy (non-hydrogen) atoms. The molecule has 2 N–H and O–H groups in total. The molecule has 0 unspecified atom stereocenters. The van der Waals surface area contributed by atoms with Crippen molar-refractivity contribution in [3.63, 3.8) is 0 Å². The van der Waals surface area contributed by atoms with Gasteiger partial charge in [-0.1, -0.05) is 0 Å². The number of carbonyl (C=O) groups excluding carboxylic acids is 1. The quantitative estimate of drug-likeness (QED) is 0.900. The molecule has 1 aliphatic heterocycles. The van der Waals surface area contributed by atoms with E-state index in [1.54, 1.807) is 13.3 Å². The Hall–Kier alpha value is -1.82. The third-order valence-electron chi connectivity index (χ3n) is 3.88. The maximum Gasteiger partial charge on any atom is 0.225 e. The number of carbonyl (C=O) groups is 1. The first kappa shape index (κ1) is 15.6. The zero-order chi connectivity index (χ0) is 15.5. The zero-order valence-corrected chi connectivity index (χ0v) is 13.0. The first-order valence-electron chi connectivity index (χ1n) is 7.21. The fourth-order valence-electron chi connectivity index (χ4n) is 2.39. The van der Waals surface area contributed by atoms with Crippen molar-refractivity contribution < 1.29 is 9.53 Å². The van der Waals surface area contributed by atoms with Crippen LogP contribution in [0, 0.1) is 0 Å². The third kappa shape index (κ3) is 3.85. The second-order valence-electron chi connectivity index (χ2n) is 5.92. The minimum absolute atomic E-state index is 0.135. The molecule has 1 aromatic heterocycles. The SMILES string of the molecule is COC(C)(C)CC(=O)N1CCN(c2ncccc2N)CC1. The van der Waals surface area contributed by atoms with E-state index in [4.69, 9.17) is 10.5 Å². The molecule has 0 spiro atoms. The van der Waals surface area contributed by atoms with Crippen LogP contribution in [0.25, 0.3) is 0 Å². The van der Waals surface area contributed by atoms with Crippen LogP contribution >= 0.6 is 0 Å². The molecule has 1 fully saturated rings. The number of aromatic nitrogens is 1. The molecule has 2 heterocycles. The van der Waals surface area contributed by atoms with Gasteiger partial charge in [-0.15, -0.1) is 0 Å². The highest BCUT2D eigenvalue weighted by molar-refractivity contribution is 5.77. The van der Waals surface area contributed by atoms with Crippen molar-refractivity contribution in [2.75, 3.05) is 43.9 Å². The Morgan fingerprint density at radius 1 is 1.38 bits per heavy atom. The van der Waals surface area contributed by atoms with Crippen molar-refractivity contribution in [2.45, 2.75) is 25.9 Å². The average Bonchev–Trinajstić information content (AvgIpc) is 2.47. The average molecular weight is 292 g/mol. The number of hydrogen-bond donors (Lipinski definition) is 1. The number of nitrogen functional groups attached to an aromatic ring is 1. The summed E-state index contributed by atoms with van der Waals surface area (Å²) in [6.07, 6.45) is 2.14. The molecule has 116 valence electrons. The van der Waals surface area contributed by atoms with E-state index in [0.29, 0.717) is 25.2 Å². The van der Waals surface area contributed by atoms with Crippen molar-refractivity contribution in [1.82, 2.24) is 9.88 Å². The number of nitrogens with zero attached hydrogens (tertiary/aromatic N) is 3. The maximum atomic E-state index is 12.3. The molecule has 1 aromatic rings. The number of ether oxygens (including phenoxy) is 1. The van der Waals surface area contributed by atoms with Gasteiger partial charge in [0.2, 0.25) is 5.91 Å². The van der Waals surface area contributed by atoms with Crippen LogP contribution in [0.2, 0.25) is 0 Å². The van der Waals surface area contributed by atoms with E-state index >= 15 is 0 Å². The summed E-state index contributed by atoms with van der Waals surface area (Å²) in [5.41, 5.74) is 6.21. The molecule has 0 aromatic carbocycles. The van der Waals surface area contributed by atoms with Gasteiger partial charge in [-0.2, -0.15) is 0 Å². The molecule has 0 saturated carbocycles. The summed E-state index contributed by atoms with van der Waals surface area (Å²) >= 11 is 0. The topological polar surface area (TPSA) is 71.7 Å². The highest BCUT2D eigenvalue weighted by atomic mass is 16.5. The number of rotatable bonds is 4. The van der Waals surface area contributed by atoms with Crippen LogP contribution in [-0.2, 0) is 9.53 Å². The van der Waals surface area contributed by atoms with Crippen LogP contribution in [0.1, 0.15) is 20.3 Å². The number of hydrogen-bond acceptors (Lipinski definition) is 5. The van der Waals surface area contributed by atoms with Crippen LogP contribution in [0.5, 0.6) is 0 Å². The van der Waals surface area contributed by atoms with Gasteiger partial charge < -0.3 is 20.3 Å². The summed E-state index contributed by atoms with van der Waals surface area (Å²) < 4.78 is 5.32. The Bertz CT molecular complexity index is 496. The van der Waals surface area contributed by atoms with Crippen molar-refractivity contribution in [1.29, 1.82) is 0 Å². The second kappa shape index (κ2) is 6.30. The third-order valence-corrected chi connectivity index (χ3v) is 3.88. The molecule has 2 rings (SSSR count). The number of methoxy groups -OCH3 is 1. The Morgan fingerprint density at radius 2 is 2.05 bits per heavy atom. The number of amides is 1. The minimum atomic E-state index is -0.417. The van der Waals surface area contributed by atoms with Gasteiger partial charge in [-0.25, -0.2) is 4.98 Å². The molecule has 0 atom stereocenters. The molecule has 1 aliphatic rings. The summed E-state index contributed by atoms with van der Waals surface area (Å²) in [6.45, 7) is 6.73. The van der Waals surface area contributed by atoms with Gasteiger partial charge in [0, 0.05) is 39.5 Å². The monoisotopic (exact) mass is 292 g/mol. The fourth-order valence-corrected chi connectivity index (χ4v) is 2.39. The Balaban J connectivity index is 1.92. The van der Waals surface area contributed by atoms with E-state index in [2.05, 4.69) is 9.88 Å². The summed E-state index contributed by atoms with van der Waals surface area (Å²) in [5, 5.41) is 0. The van der Waals surface area contributed by atoms with E-state index in [-0.39, 0.29) is 5.91 Å². The number of anilines is 2. The Morgan fingerprint density at radius 3 is 2.62 bits per heavy atom. The molecule has 6 nitrogen and oxygen atoms in total. The van der Waals surface area contributed by atoms with Gasteiger partial charge in [0.15, 0.2) is 5.82 Å². The van der Waals surface area contributed by atoms with E-state index in [9.17, 15) is 4.79 Å². The first-order valence-corrected chi connectivity index (χ1v) is 7.21. The first-order chi connectivity index (χ1) is 9.93. The summed E-state index contributed by atoms with van der Waals surface area (Å²) in [7, 11) is 1.63. The molecular formula is C15H24N4O2. The normalized spacial score (nSPS) is 16.1. The number of piperazine rings is 1. The summed E-state index contributed by atoms with van der Waals surface area (Å²) in [6, 6.07) is 3.67. The molecule has 0 radical (unpaired) electrons. The van der Waals surface area contributed by atoms with Gasteiger partial charge >= 0.3 is 0 Å². The molecule has 1 amide bonds. The van der Waals surface area contributed by atoms with E-state index in [0.717, 1.165) is 18.9 Å². The van der Waals surface area contributed by atoms with Crippen molar-refractivity contribution >= 4 is 17.4 Å². The molecule has 0 aliphatic carbocycles. The van der Waals surface area contributed by atoms with Crippen molar-refractivity contribution in [3.8, 4) is 0 Å². The van der Waals surface area contributed by atoms with Gasteiger partial charge in [-0.05, 0) is 26.0 Å². The lowest BCUT2D eigenvalue weighted by molar-refractivity contribution is -0.136. The van der Waals surface area contributed by atoms with Crippen molar-refractivity contribution in [2.24, 2.45) is 0 Å². The predicted molar refractivity (Wildman–Crippen MR) is 83.1 cm³/mol. The van der Waals surface area contributed by atoms with E-state index in [1.165, 1.54) is 0 Å². The highest BCUT2D eigenvalue weighted by Crippen LogP contribution is 2.21. The molecule has 6 heteroatoms. The molecule has 1 saturated heterocycles. The van der Waals surface area contributed by atoms with Gasteiger partial charge in [0.1, 0.15) is 0 Å². The van der Waals surface area contributed by atoms with Crippen molar-refractivity contribution in [3.05, 3.63) is 18.3 Å². The number of nitrogens with two attached hydrogens (primary N) is 1. The largest absolute Gasteiger partial charge is 0.396 e. The predicted octanol–water partition coefficient (Wildman–Crippen LogP) is 1.13. The summed E-state index contributed by atoms with van der Waals surface area (Å²) in [5.74, 6) is 0.942. The van der Waals surface area contributed by atoms with Crippen LogP contribution < -0.4 is 10.6 Å². The minimum Gasteiger partial charge on any atom is -0.396 e. The second-order valence-corrected chi connectivity index (χ2v) is 5.92. The Labute approximate surface area is 125 Å². The van der Waals surface area contributed by atoms with E-state index < -0.39 is 5.60 Å². The van der Waals surface area contributed by atoms with Crippen LogP contribution in [0.4, 0.5) is 11.5 Å². The zero-order valence-electron chi connectivity index (χ0n) is 13.0. The Kier molecular flexibility index (Phi) is 4.67. The summed E-state index contributed by atoms with van der Waals surface area (Å²) in [4.78, 5) is 20.6. The lowest BCUT2D eigenvalue weighted by atomic mass is 10.0. The smallest absolute Gasteiger partial charge is 0.225 e. The lowest BCUT2D eigenvalue weighted by Crippen LogP contribution is -2.50. The van der Waals surface area contributed by atoms with Crippen LogP contribution in [-0.4, -0.2) is 54.7 Å². The van der Waals surface area contributed by atoms with Gasteiger partial charge in [0.05, 0.1) is 17.7 Å². The highest BCUT2D eigenvalue weighted by Gasteiger charge is 2.27. The fraction of sp³-hybridized carbons (Fsp3) is 0.600. The van der Waals surface area contributed by atoms with Crippen LogP contribution in [0.15, 0.2) is 18.3 Å². The lowest BCUT2D eigenvalue weighted by Gasteiger charge is -2.37. The maximum absolute atomic E-state index is 12.3. The van der Waals surface area contributed by atoms with Gasteiger partial charge in [0.25, 0.3) is 0 Å². The molecule has 0 bridgehead atoms. The standard InChI is InChI=1S/C15H24N4O2/c1-15(2,21-3)11-13(20)18-7-9-19(10-8-18)14-12(16)5-4-6-17-14/h4-6H,7-11,16H2,1-3H3. The van der Waals surface area contributed by atoms with Crippen LogP contribution in [0.3, 0.4) is 0 Å². The van der Waals surface area contributed by atoms with Gasteiger partial charge in [-0.3, -0.25) is 4.79 Å². The molecular weight excluding hydrogens is 268 g/mol. The van der Waals surface area contributed by atoms with E-state index in [1.807, 2.05) is 30.9 Å². The number of pyridine rings is 1.